The molecule has 0 unspecified atom stereocenters. The molecule has 24 heavy (non-hydrogen) atoms. The van der Waals surface area contributed by atoms with Gasteiger partial charge in [-0.15, -0.1) is 0 Å². The van der Waals surface area contributed by atoms with Gasteiger partial charge in [0.25, 0.3) is 0 Å². The summed E-state index contributed by atoms with van der Waals surface area (Å²) in [5, 5.41) is 0.678. The van der Waals surface area contributed by atoms with Crippen LogP contribution in [0.5, 0.6) is 0 Å². The lowest BCUT2D eigenvalue weighted by Gasteiger charge is -2.15. The Kier molecular flexibility index (Phi) is 6.04. The number of hydrogen-bond acceptors (Lipinski definition) is 4. The van der Waals surface area contributed by atoms with Crippen LogP contribution in [-0.2, 0) is 22.5 Å². The minimum absolute atomic E-state index is 0.00128. The molecule has 0 aliphatic carbocycles. The molecule has 1 heterocycles. The molecule has 1 aromatic heterocycles. The number of amides is 1. The first-order chi connectivity index (χ1) is 11.4. The maximum absolute atomic E-state index is 12.2. The van der Waals surface area contributed by atoms with Crippen LogP contribution in [0.4, 0.5) is 0 Å². The summed E-state index contributed by atoms with van der Waals surface area (Å²) >= 11 is 5.84. The number of aryl methyl sites for hydroxylation is 2. The molecule has 0 radical (unpaired) electrons. The first-order valence-electron chi connectivity index (χ1n) is 7.56. The van der Waals surface area contributed by atoms with Gasteiger partial charge < -0.3 is 14.1 Å². The highest BCUT2D eigenvalue weighted by Gasteiger charge is 2.17. The fourth-order valence-corrected chi connectivity index (χ4v) is 2.48. The number of halogens is 1. The van der Waals surface area contributed by atoms with Gasteiger partial charge >= 0.3 is 5.97 Å². The summed E-state index contributed by atoms with van der Waals surface area (Å²) in [6.45, 7) is 2.00. The second-order valence-corrected chi connectivity index (χ2v) is 5.99. The summed E-state index contributed by atoms with van der Waals surface area (Å²) in [6, 6.07) is 9.06. The summed E-state index contributed by atoms with van der Waals surface area (Å²) in [7, 11) is 3.03. The normalized spacial score (nSPS) is 10.5. The van der Waals surface area contributed by atoms with Gasteiger partial charge in [-0.1, -0.05) is 23.7 Å². The fraction of sp³-hybridized carbons (Fsp3) is 0.333. The minimum Gasteiger partial charge on any atom is -0.465 e. The molecule has 0 spiro atoms. The number of carbonyl (C=O) groups excluding carboxylic acids is 2. The number of methoxy groups -OCH3 is 1. The molecule has 0 N–H and O–H groups in total. The molecule has 0 aliphatic rings. The van der Waals surface area contributed by atoms with E-state index in [0.717, 1.165) is 5.56 Å². The van der Waals surface area contributed by atoms with Crippen LogP contribution in [-0.4, -0.2) is 30.9 Å². The van der Waals surface area contributed by atoms with Crippen LogP contribution in [0.1, 0.15) is 33.9 Å². The van der Waals surface area contributed by atoms with Gasteiger partial charge in [-0.2, -0.15) is 0 Å². The van der Waals surface area contributed by atoms with Crippen LogP contribution < -0.4 is 0 Å². The molecule has 0 fully saturated rings. The largest absolute Gasteiger partial charge is 0.465 e. The van der Waals surface area contributed by atoms with E-state index in [2.05, 4.69) is 4.74 Å². The molecule has 5 nitrogen and oxygen atoms in total. The van der Waals surface area contributed by atoms with E-state index in [1.807, 2.05) is 24.3 Å². The lowest BCUT2D eigenvalue weighted by atomic mass is 10.1. The predicted octanol–water partition coefficient (Wildman–Crippen LogP) is 3.62. The van der Waals surface area contributed by atoms with Crippen molar-refractivity contribution in [3.05, 3.63) is 58.0 Å². The second-order valence-electron chi connectivity index (χ2n) is 5.55. The average molecular weight is 350 g/mol. The molecule has 2 rings (SSSR count). The van der Waals surface area contributed by atoms with Gasteiger partial charge in [-0.3, -0.25) is 4.79 Å². The molecule has 1 amide bonds. The van der Waals surface area contributed by atoms with Crippen molar-refractivity contribution in [3.8, 4) is 0 Å². The van der Waals surface area contributed by atoms with Gasteiger partial charge in [0.1, 0.15) is 17.1 Å². The molecule has 0 bridgehead atoms. The lowest BCUT2D eigenvalue weighted by Crippen LogP contribution is -2.26. The summed E-state index contributed by atoms with van der Waals surface area (Å²) in [4.78, 5) is 25.4. The Morgan fingerprint density at radius 1 is 1.25 bits per heavy atom. The Hall–Kier alpha value is -2.27. The van der Waals surface area contributed by atoms with E-state index in [1.54, 1.807) is 24.9 Å². The monoisotopic (exact) mass is 349 g/mol. The van der Waals surface area contributed by atoms with Gasteiger partial charge in [0.2, 0.25) is 5.91 Å². The van der Waals surface area contributed by atoms with Crippen molar-refractivity contribution in [2.75, 3.05) is 14.2 Å². The van der Waals surface area contributed by atoms with Gasteiger partial charge in [0.15, 0.2) is 0 Å². The number of ether oxygens (including phenoxy) is 1. The van der Waals surface area contributed by atoms with Gasteiger partial charge in [0, 0.05) is 18.5 Å². The molecule has 2 aromatic rings. The lowest BCUT2D eigenvalue weighted by molar-refractivity contribution is -0.130. The van der Waals surface area contributed by atoms with Crippen LogP contribution >= 0.6 is 11.6 Å². The van der Waals surface area contributed by atoms with Crippen molar-refractivity contribution in [1.29, 1.82) is 0 Å². The molecule has 6 heteroatoms. The quantitative estimate of drug-likeness (QED) is 0.747. The third-order valence-corrected chi connectivity index (χ3v) is 3.99. The van der Waals surface area contributed by atoms with E-state index in [-0.39, 0.29) is 5.91 Å². The van der Waals surface area contributed by atoms with E-state index in [9.17, 15) is 9.59 Å². The third-order valence-electron chi connectivity index (χ3n) is 3.73. The summed E-state index contributed by atoms with van der Waals surface area (Å²) < 4.78 is 10.2. The SMILES string of the molecule is COC(=O)c1cc(CN(C)C(=O)CCc2ccc(Cl)cc2)oc1C. The highest BCUT2D eigenvalue weighted by Crippen LogP contribution is 2.17. The Bertz CT molecular complexity index is 721. The predicted molar refractivity (Wildman–Crippen MR) is 91.0 cm³/mol. The first kappa shape index (κ1) is 18.1. The standard InChI is InChI=1S/C18H20ClNO4/c1-12-16(18(22)23-3)10-15(24-12)11-20(2)17(21)9-6-13-4-7-14(19)8-5-13/h4-5,7-8,10H,6,9,11H2,1-3H3. The molecule has 0 atom stereocenters. The van der Waals surface area contributed by atoms with Crippen LogP contribution in [0.3, 0.4) is 0 Å². The zero-order chi connectivity index (χ0) is 17.7. The number of nitrogens with zero attached hydrogens (tertiary/aromatic N) is 1. The maximum atomic E-state index is 12.2. The molecular formula is C18H20ClNO4. The van der Waals surface area contributed by atoms with Crippen molar-refractivity contribution >= 4 is 23.5 Å². The number of carbonyl (C=O) groups is 2. The van der Waals surface area contributed by atoms with Crippen LogP contribution in [0, 0.1) is 6.92 Å². The first-order valence-corrected chi connectivity index (χ1v) is 7.94. The molecule has 0 saturated carbocycles. The smallest absolute Gasteiger partial charge is 0.341 e. The third kappa shape index (κ3) is 4.61. The molecule has 128 valence electrons. The Labute approximate surface area is 146 Å². The number of hydrogen-bond donors (Lipinski definition) is 0. The number of benzene rings is 1. The van der Waals surface area contributed by atoms with Gasteiger partial charge in [-0.25, -0.2) is 4.79 Å². The van der Waals surface area contributed by atoms with E-state index >= 15 is 0 Å². The minimum atomic E-state index is -0.445. The van der Waals surface area contributed by atoms with Crippen LogP contribution in [0.15, 0.2) is 34.7 Å². The number of rotatable bonds is 6. The van der Waals surface area contributed by atoms with Crippen molar-refractivity contribution in [3.63, 3.8) is 0 Å². The van der Waals surface area contributed by atoms with Gasteiger partial charge in [-0.05, 0) is 37.1 Å². The van der Waals surface area contributed by atoms with Crippen LogP contribution in [0.25, 0.3) is 0 Å². The Balaban J connectivity index is 1.91. The highest BCUT2D eigenvalue weighted by atomic mass is 35.5. The Morgan fingerprint density at radius 3 is 2.54 bits per heavy atom. The molecule has 1 aromatic carbocycles. The summed E-state index contributed by atoms with van der Waals surface area (Å²) in [6.07, 6.45) is 1.03. The fourth-order valence-electron chi connectivity index (χ4n) is 2.35. The summed E-state index contributed by atoms with van der Waals surface area (Å²) in [5.74, 6) is 0.590. The van der Waals surface area contributed by atoms with E-state index in [4.69, 9.17) is 16.0 Å². The van der Waals surface area contributed by atoms with Crippen molar-refractivity contribution in [2.24, 2.45) is 0 Å². The zero-order valence-corrected chi connectivity index (χ0v) is 14.7. The zero-order valence-electron chi connectivity index (χ0n) is 14.0. The van der Waals surface area contributed by atoms with Crippen molar-refractivity contribution in [1.82, 2.24) is 4.90 Å². The summed E-state index contributed by atoms with van der Waals surface area (Å²) in [5.41, 5.74) is 1.44. The maximum Gasteiger partial charge on any atom is 0.341 e. The highest BCUT2D eigenvalue weighted by molar-refractivity contribution is 6.30. The average Bonchev–Trinajstić information content (AvgIpc) is 2.93. The topological polar surface area (TPSA) is 59.8 Å². The molecule has 0 aliphatic heterocycles. The number of esters is 1. The molecule has 0 saturated heterocycles. The van der Waals surface area contributed by atoms with Crippen LogP contribution in [0.2, 0.25) is 5.02 Å². The van der Waals surface area contributed by atoms with Gasteiger partial charge in [0.05, 0.1) is 13.7 Å². The molecular weight excluding hydrogens is 330 g/mol. The van der Waals surface area contributed by atoms with Crippen molar-refractivity contribution < 1.29 is 18.7 Å². The Morgan fingerprint density at radius 2 is 1.92 bits per heavy atom. The van der Waals surface area contributed by atoms with E-state index < -0.39 is 5.97 Å². The van der Waals surface area contributed by atoms with E-state index in [0.29, 0.717) is 41.5 Å². The van der Waals surface area contributed by atoms with E-state index in [1.165, 1.54) is 7.11 Å². The van der Waals surface area contributed by atoms with Crippen molar-refractivity contribution in [2.45, 2.75) is 26.3 Å². The number of furan rings is 1. The second kappa shape index (κ2) is 8.02.